The second kappa shape index (κ2) is 18.2. The summed E-state index contributed by atoms with van der Waals surface area (Å²) in [6.45, 7) is 0.295. The number of ether oxygens (including phenoxy) is 2. The molecular weight excluding hydrogens is 320 g/mol. The number of rotatable bonds is 18. The average Bonchev–Trinajstić information content (AvgIpc) is 2.62. The smallest absolute Gasteiger partial charge is 0.305 e. The molecule has 25 heavy (non-hydrogen) atoms. The van der Waals surface area contributed by atoms with Crippen LogP contribution in [-0.2, 0) is 14.3 Å². The van der Waals surface area contributed by atoms with Gasteiger partial charge in [-0.15, -0.1) is 0 Å². The van der Waals surface area contributed by atoms with Crippen molar-refractivity contribution in [3.63, 3.8) is 0 Å². The first-order valence-corrected chi connectivity index (χ1v) is 10.0. The zero-order valence-corrected chi connectivity index (χ0v) is 16.4. The van der Waals surface area contributed by atoms with Crippen LogP contribution in [0.3, 0.4) is 0 Å². The van der Waals surface area contributed by atoms with Gasteiger partial charge in [-0.25, -0.2) is 0 Å². The second-order valence-electron chi connectivity index (χ2n) is 6.86. The number of methoxy groups -OCH3 is 2. The molecule has 0 heterocycles. The number of carbonyl (C=O) groups excluding carboxylic acids is 1. The highest BCUT2D eigenvalue weighted by molar-refractivity contribution is 5.68. The van der Waals surface area contributed by atoms with Crippen molar-refractivity contribution >= 4 is 5.97 Å². The van der Waals surface area contributed by atoms with Crippen molar-refractivity contribution in [3.05, 3.63) is 0 Å². The van der Waals surface area contributed by atoms with E-state index in [0.29, 0.717) is 13.0 Å². The molecule has 0 aliphatic heterocycles. The van der Waals surface area contributed by atoms with Crippen LogP contribution in [0.25, 0.3) is 0 Å². The highest BCUT2D eigenvalue weighted by Crippen LogP contribution is 2.17. The van der Waals surface area contributed by atoms with Gasteiger partial charge in [0.15, 0.2) is 0 Å². The van der Waals surface area contributed by atoms with Crippen LogP contribution >= 0.6 is 0 Å². The number of aliphatic hydroxyl groups is 2. The lowest BCUT2D eigenvalue weighted by molar-refractivity contribution is -0.140. The van der Waals surface area contributed by atoms with E-state index in [2.05, 4.69) is 4.74 Å². The molecule has 0 aromatic heterocycles. The van der Waals surface area contributed by atoms with Gasteiger partial charge in [0.2, 0.25) is 0 Å². The topological polar surface area (TPSA) is 76.0 Å². The standard InChI is InChI=1S/C20H40O5/c1-24-19(15-11-7-3-4-9-13-17-21)18(22)14-10-6-5-8-12-16-20(23)25-2/h18-19,21-22H,3-17H2,1-2H3/t18-,19-/m1/s1. The van der Waals surface area contributed by atoms with Gasteiger partial charge < -0.3 is 19.7 Å². The zero-order valence-electron chi connectivity index (χ0n) is 16.4. The molecule has 0 rings (SSSR count). The Labute approximate surface area is 154 Å². The summed E-state index contributed by atoms with van der Waals surface area (Å²) in [6.07, 6.45) is 13.5. The number of hydrogen-bond acceptors (Lipinski definition) is 5. The molecule has 0 spiro atoms. The molecule has 0 radical (unpaired) electrons. The first kappa shape index (κ1) is 24.4. The first-order valence-electron chi connectivity index (χ1n) is 10.0. The van der Waals surface area contributed by atoms with Crippen molar-refractivity contribution in [2.75, 3.05) is 20.8 Å². The summed E-state index contributed by atoms with van der Waals surface area (Å²) in [4.78, 5) is 11.0. The Kier molecular flexibility index (Phi) is 17.7. The summed E-state index contributed by atoms with van der Waals surface area (Å²) in [5.74, 6) is -0.133. The van der Waals surface area contributed by atoms with Crippen LogP contribution in [0.5, 0.6) is 0 Å². The molecule has 150 valence electrons. The highest BCUT2D eigenvalue weighted by atomic mass is 16.5. The van der Waals surface area contributed by atoms with E-state index >= 15 is 0 Å². The summed E-state index contributed by atoms with van der Waals surface area (Å²) in [5.41, 5.74) is 0. The SMILES string of the molecule is COC(=O)CCCCCCC[C@@H](O)[C@@H](CCCCCCCCO)OC. The van der Waals surface area contributed by atoms with Gasteiger partial charge in [0.05, 0.1) is 19.3 Å². The van der Waals surface area contributed by atoms with Gasteiger partial charge in [0, 0.05) is 20.1 Å². The largest absolute Gasteiger partial charge is 0.469 e. The second-order valence-corrected chi connectivity index (χ2v) is 6.86. The van der Waals surface area contributed by atoms with Gasteiger partial charge in [-0.1, -0.05) is 57.8 Å². The van der Waals surface area contributed by atoms with Crippen LogP contribution < -0.4 is 0 Å². The van der Waals surface area contributed by atoms with Gasteiger partial charge in [-0.3, -0.25) is 4.79 Å². The summed E-state index contributed by atoms with van der Waals surface area (Å²) in [5, 5.41) is 19.0. The minimum absolute atomic E-state index is 0.0585. The number of hydrogen-bond donors (Lipinski definition) is 2. The Morgan fingerprint density at radius 2 is 1.32 bits per heavy atom. The third kappa shape index (κ3) is 15.3. The molecule has 0 aliphatic rings. The Bertz CT molecular complexity index is 296. The minimum Gasteiger partial charge on any atom is -0.469 e. The van der Waals surface area contributed by atoms with E-state index in [0.717, 1.165) is 70.6 Å². The van der Waals surface area contributed by atoms with Crippen molar-refractivity contribution < 1.29 is 24.5 Å². The lowest BCUT2D eigenvalue weighted by Crippen LogP contribution is -2.27. The number of aliphatic hydroxyl groups excluding tert-OH is 2. The molecular formula is C20H40O5. The molecule has 0 aromatic rings. The van der Waals surface area contributed by atoms with E-state index in [9.17, 15) is 9.90 Å². The van der Waals surface area contributed by atoms with Crippen molar-refractivity contribution in [1.29, 1.82) is 0 Å². The maximum absolute atomic E-state index is 11.0. The van der Waals surface area contributed by atoms with E-state index in [1.807, 2.05) is 0 Å². The van der Waals surface area contributed by atoms with Gasteiger partial charge in [0.25, 0.3) is 0 Å². The zero-order chi connectivity index (χ0) is 18.8. The fraction of sp³-hybridized carbons (Fsp3) is 0.950. The normalized spacial score (nSPS) is 13.6. The molecule has 0 fully saturated rings. The molecule has 0 aliphatic carbocycles. The van der Waals surface area contributed by atoms with E-state index < -0.39 is 0 Å². The lowest BCUT2D eigenvalue weighted by atomic mass is 9.99. The Balaban J connectivity index is 3.56. The molecule has 0 saturated carbocycles. The molecule has 5 nitrogen and oxygen atoms in total. The Morgan fingerprint density at radius 1 is 0.800 bits per heavy atom. The van der Waals surface area contributed by atoms with E-state index in [-0.39, 0.29) is 18.2 Å². The van der Waals surface area contributed by atoms with Crippen LogP contribution in [0.1, 0.15) is 89.9 Å². The third-order valence-corrected chi connectivity index (χ3v) is 4.74. The van der Waals surface area contributed by atoms with Crippen LogP contribution in [0.15, 0.2) is 0 Å². The fourth-order valence-electron chi connectivity index (χ4n) is 3.07. The van der Waals surface area contributed by atoms with Crippen molar-refractivity contribution in [2.24, 2.45) is 0 Å². The van der Waals surface area contributed by atoms with Crippen molar-refractivity contribution in [1.82, 2.24) is 0 Å². The Hall–Kier alpha value is -0.650. The van der Waals surface area contributed by atoms with Crippen LogP contribution in [0.2, 0.25) is 0 Å². The summed E-state index contributed by atoms with van der Waals surface area (Å²) < 4.78 is 10.1. The fourth-order valence-corrected chi connectivity index (χ4v) is 3.07. The molecule has 5 heteroatoms. The van der Waals surface area contributed by atoms with Crippen LogP contribution in [0, 0.1) is 0 Å². The molecule has 0 saturated heterocycles. The van der Waals surface area contributed by atoms with Crippen molar-refractivity contribution in [2.45, 2.75) is 102 Å². The molecule has 0 aromatic carbocycles. The van der Waals surface area contributed by atoms with E-state index in [1.54, 1.807) is 7.11 Å². The monoisotopic (exact) mass is 360 g/mol. The number of unbranched alkanes of at least 4 members (excludes halogenated alkanes) is 9. The van der Waals surface area contributed by atoms with E-state index in [1.165, 1.54) is 20.0 Å². The number of carbonyl (C=O) groups is 1. The molecule has 2 atom stereocenters. The quantitative estimate of drug-likeness (QED) is 0.285. The predicted octanol–water partition coefficient (Wildman–Crippen LogP) is 3.99. The average molecular weight is 361 g/mol. The molecule has 2 N–H and O–H groups in total. The minimum atomic E-state index is -0.380. The van der Waals surface area contributed by atoms with Gasteiger partial charge in [-0.05, 0) is 25.7 Å². The molecule has 0 unspecified atom stereocenters. The molecule has 0 amide bonds. The first-order chi connectivity index (χ1) is 12.2. The predicted molar refractivity (Wildman–Crippen MR) is 101 cm³/mol. The maximum Gasteiger partial charge on any atom is 0.305 e. The van der Waals surface area contributed by atoms with Gasteiger partial charge in [0.1, 0.15) is 0 Å². The molecule has 0 bridgehead atoms. The van der Waals surface area contributed by atoms with Gasteiger partial charge >= 0.3 is 5.97 Å². The highest BCUT2D eigenvalue weighted by Gasteiger charge is 2.17. The van der Waals surface area contributed by atoms with E-state index in [4.69, 9.17) is 9.84 Å². The van der Waals surface area contributed by atoms with Crippen LogP contribution in [0.4, 0.5) is 0 Å². The summed E-state index contributed by atoms with van der Waals surface area (Å²) >= 11 is 0. The van der Waals surface area contributed by atoms with Crippen LogP contribution in [-0.4, -0.2) is 49.2 Å². The summed E-state index contributed by atoms with van der Waals surface area (Å²) in [6, 6.07) is 0. The third-order valence-electron chi connectivity index (χ3n) is 4.74. The maximum atomic E-state index is 11.0. The lowest BCUT2D eigenvalue weighted by Gasteiger charge is -2.21. The Morgan fingerprint density at radius 3 is 1.88 bits per heavy atom. The van der Waals surface area contributed by atoms with Crippen molar-refractivity contribution in [3.8, 4) is 0 Å². The van der Waals surface area contributed by atoms with Gasteiger partial charge in [-0.2, -0.15) is 0 Å². The summed E-state index contributed by atoms with van der Waals surface area (Å²) in [7, 11) is 3.11. The number of esters is 1.